The zero-order valence-corrected chi connectivity index (χ0v) is 13.5. The van der Waals surface area contributed by atoms with Crippen LogP contribution in [0.2, 0.25) is 0 Å². The van der Waals surface area contributed by atoms with Crippen LogP contribution in [0.25, 0.3) is 0 Å². The number of hydrogen-bond donors (Lipinski definition) is 2. The Bertz CT molecular complexity index is 647. The highest BCUT2D eigenvalue weighted by molar-refractivity contribution is 5.42. The molecule has 1 saturated carbocycles. The molecule has 1 aliphatic heterocycles. The molecule has 2 fully saturated rings. The first-order valence-corrected chi connectivity index (χ1v) is 8.44. The summed E-state index contributed by atoms with van der Waals surface area (Å²) in [6.45, 7) is -0.0521. The van der Waals surface area contributed by atoms with Crippen LogP contribution in [0.15, 0.2) is 15.8 Å². The number of anilines is 1. The highest BCUT2D eigenvalue weighted by Gasteiger charge is 2.28. The third-order valence-corrected chi connectivity index (χ3v) is 5.05. The zero-order chi connectivity index (χ0) is 16.4. The van der Waals surface area contributed by atoms with Gasteiger partial charge in [0.15, 0.2) is 0 Å². The molecule has 0 radical (unpaired) electrons. The van der Waals surface area contributed by atoms with Crippen LogP contribution in [0.1, 0.15) is 51.2 Å². The summed E-state index contributed by atoms with van der Waals surface area (Å²) in [5, 5.41) is 9.18. The monoisotopic (exact) mass is 323 g/mol. The maximum atomic E-state index is 12.2. The topological polar surface area (TPSA) is 87.6 Å². The Kier molecular flexibility index (Phi) is 4.87. The molecule has 7 heteroatoms. The van der Waals surface area contributed by atoms with Crippen molar-refractivity contribution in [1.29, 1.82) is 0 Å². The molecule has 3 rings (SSSR count). The van der Waals surface area contributed by atoms with Crippen LogP contribution in [-0.4, -0.2) is 40.5 Å². The summed E-state index contributed by atoms with van der Waals surface area (Å²) in [5.41, 5.74) is -0.303. The van der Waals surface area contributed by atoms with Crippen LogP contribution in [0.5, 0.6) is 0 Å². The number of rotatable bonds is 4. The SMILES string of the molecule is CN(c1cn([C@@H]2CC[C@@H](CO)O2)c(=O)[nH]c1=O)C1CCCCC1. The number of aromatic nitrogens is 2. The number of aliphatic hydroxyl groups excluding tert-OH is 1. The summed E-state index contributed by atoms with van der Waals surface area (Å²) in [4.78, 5) is 28.7. The van der Waals surface area contributed by atoms with E-state index in [1.165, 1.54) is 23.8 Å². The first kappa shape index (κ1) is 16.3. The second-order valence-electron chi connectivity index (χ2n) is 6.56. The molecule has 0 aromatic carbocycles. The highest BCUT2D eigenvalue weighted by Crippen LogP contribution is 2.28. The molecule has 2 atom stereocenters. The van der Waals surface area contributed by atoms with Gasteiger partial charge in [0.1, 0.15) is 11.9 Å². The molecule has 23 heavy (non-hydrogen) atoms. The number of nitrogens with one attached hydrogen (secondary N) is 1. The quantitative estimate of drug-likeness (QED) is 0.862. The number of aromatic amines is 1. The number of ether oxygens (including phenoxy) is 1. The van der Waals surface area contributed by atoms with Gasteiger partial charge in [0.25, 0.3) is 5.56 Å². The molecule has 2 aliphatic rings. The fourth-order valence-electron chi connectivity index (χ4n) is 3.63. The van der Waals surface area contributed by atoms with Gasteiger partial charge in [0.2, 0.25) is 0 Å². The van der Waals surface area contributed by atoms with Crippen molar-refractivity contribution >= 4 is 5.69 Å². The van der Waals surface area contributed by atoms with Crippen molar-refractivity contribution in [1.82, 2.24) is 9.55 Å². The van der Waals surface area contributed by atoms with Gasteiger partial charge in [-0.25, -0.2) is 4.79 Å². The Labute approximate surface area is 134 Å². The van der Waals surface area contributed by atoms with Gasteiger partial charge in [-0.2, -0.15) is 0 Å². The van der Waals surface area contributed by atoms with Gasteiger partial charge in [0, 0.05) is 19.3 Å². The number of aliphatic hydroxyl groups is 1. The van der Waals surface area contributed by atoms with Crippen molar-refractivity contribution < 1.29 is 9.84 Å². The number of nitrogens with zero attached hydrogens (tertiary/aromatic N) is 2. The van der Waals surface area contributed by atoms with E-state index in [2.05, 4.69) is 4.98 Å². The van der Waals surface area contributed by atoms with Gasteiger partial charge in [-0.15, -0.1) is 0 Å². The van der Waals surface area contributed by atoms with Crippen molar-refractivity contribution in [2.24, 2.45) is 0 Å². The minimum atomic E-state index is -0.459. The summed E-state index contributed by atoms with van der Waals surface area (Å²) in [7, 11) is 1.92. The molecule has 1 aromatic heterocycles. The second kappa shape index (κ2) is 6.88. The van der Waals surface area contributed by atoms with Crippen LogP contribution < -0.4 is 16.1 Å². The van der Waals surface area contributed by atoms with Crippen LogP contribution >= 0.6 is 0 Å². The zero-order valence-electron chi connectivity index (χ0n) is 13.5. The van der Waals surface area contributed by atoms with Crippen molar-refractivity contribution in [2.45, 2.75) is 63.3 Å². The van der Waals surface area contributed by atoms with E-state index in [1.807, 2.05) is 11.9 Å². The van der Waals surface area contributed by atoms with Crippen molar-refractivity contribution in [3.63, 3.8) is 0 Å². The summed E-state index contributed by atoms with van der Waals surface area (Å²) in [6.07, 6.45) is 8.06. The number of hydrogen-bond acceptors (Lipinski definition) is 5. The van der Waals surface area contributed by atoms with Gasteiger partial charge < -0.3 is 14.7 Å². The van der Waals surface area contributed by atoms with Gasteiger partial charge >= 0.3 is 5.69 Å². The van der Waals surface area contributed by atoms with Crippen molar-refractivity contribution in [3.8, 4) is 0 Å². The average Bonchev–Trinajstić information content (AvgIpc) is 3.04. The Morgan fingerprint density at radius 3 is 2.65 bits per heavy atom. The molecular formula is C16H25N3O4. The molecule has 0 amide bonds. The predicted octanol–water partition coefficient (Wildman–Crippen LogP) is 0.975. The van der Waals surface area contributed by atoms with E-state index in [0.29, 0.717) is 24.6 Å². The molecule has 1 saturated heterocycles. The maximum Gasteiger partial charge on any atom is 0.330 e. The summed E-state index contributed by atoms with van der Waals surface area (Å²) in [5.74, 6) is 0. The lowest BCUT2D eigenvalue weighted by Gasteiger charge is -2.32. The summed E-state index contributed by atoms with van der Waals surface area (Å²) < 4.78 is 7.12. The van der Waals surface area contributed by atoms with E-state index in [9.17, 15) is 14.7 Å². The minimum absolute atomic E-state index is 0.0521. The van der Waals surface area contributed by atoms with Gasteiger partial charge in [-0.05, 0) is 25.7 Å². The van der Waals surface area contributed by atoms with Crippen molar-refractivity contribution in [2.75, 3.05) is 18.6 Å². The van der Waals surface area contributed by atoms with Crippen molar-refractivity contribution in [3.05, 3.63) is 27.0 Å². The maximum absolute atomic E-state index is 12.2. The lowest BCUT2D eigenvalue weighted by molar-refractivity contribution is -0.0245. The molecule has 0 bridgehead atoms. The Morgan fingerprint density at radius 2 is 2.00 bits per heavy atom. The molecule has 1 aromatic rings. The molecule has 0 unspecified atom stereocenters. The van der Waals surface area contributed by atoms with E-state index in [-0.39, 0.29) is 18.3 Å². The van der Waals surface area contributed by atoms with Gasteiger partial charge in [-0.3, -0.25) is 14.3 Å². The molecule has 2 heterocycles. The Morgan fingerprint density at radius 1 is 1.26 bits per heavy atom. The lowest BCUT2D eigenvalue weighted by Crippen LogP contribution is -2.40. The minimum Gasteiger partial charge on any atom is -0.394 e. The normalized spacial score (nSPS) is 25.7. The first-order valence-electron chi connectivity index (χ1n) is 8.44. The number of H-pyrrole nitrogens is 1. The molecule has 128 valence electrons. The van der Waals surface area contributed by atoms with Gasteiger partial charge in [0.05, 0.1) is 12.7 Å². The smallest absolute Gasteiger partial charge is 0.330 e. The first-order chi connectivity index (χ1) is 11.1. The fourth-order valence-corrected chi connectivity index (χ4v) is 3.63. The molecule has 1 aliphatic carbocycles. The van der Waals surface area contributed by atoms with E-state index in [4.69, 9.17) is 4.74 Å². The average molecular weight is 323 g/mol. The van der Waals surface area contributed by atoms with Crippen LogP contribution in [0, 0.1) is 0 Å². The largest absolute Gasteiger partial charge is 0.394 e. The third kappa shape index (κ3) is 3.35. The second-order valence-corrected chi connectivity index (χ2v) is 6.56. The molecular weight excluding hydrogens is 298 g/mol. The summed E-state index contributed by atoms with van der Waals surface area (Å²) >= 11 is 0. The third-order valence-electron chi connectivity index (χ3n) is 5.05. The standard InChI is InChI=1S/C16H25N3O4/c1-18(11-5-3-2-4-6-11)13-9-19(16(22)17-15(13)21)14-8-7-12(10-20)23-14/h9,11-12,14,20H,2-8,10H2,1H3,(H,17,21,22)/t12-,14-/m0/s1. The van der Waals surface area contributed by atoms with Crippen LogP contribution in [-0.2, 0) is 4.74 Å². The predicted molar refractivity (Wildman–Crippen MR) is 86.8 cm³/mol. The van der Waals surface area contributed by atoms with E-state index < -0.39 is 11.9 Å². The van der Waals surface area contributed by atoms with Crippen LogP contribution in [0.4, 0.5) is 5.69 Å². The Hall–Kier alpha value is -1.60. The fraction of sp³-hybridized carbons (Fsp3) is 0.750. The van der Waals surface area contributed by atoms with Gasteiger partial charge in [-0.1, -0.05) is 19.3 Å². The molecule has 7 nitrogen and oxygen atoms in total. The van der Waals surface area contributed by atoms with E-state index >= 15 is 0 Å². The Balaban J connectivity index is 1.87. The van der Waals surface area contributed by atoms with E-state index in [1.54, 1.807) is 6.20 Å². The highest BCUT2D eigenvalue weighted by atomic mass is 16.5. The molecule has 0 spiro atoms. The van der Waals surface area contributed by atoms with Crippen LogP contribution in [0.3, 0.4) is 0 Å². The summed E-state index contributed by atoms with van der Waals surface area (Å²) in [6, 6.07) is 0.338. The molecule has 2 N–H and O–H groups in total. The van der Waals surface area contributed by atoms with E-state index in [0.717, 1.165) is 12.8 Å². The lowest BCUT2D eigenvalue weighted by atomic mass is 9.94.